The first-order valence-corrected chi connectivity index (χ1v) is 8.29. The average Bonchev–Trinajstić information content (AvgIpc) is 3.02. The topological polar surface area (TPSA) is 82.2 Å². The highest BCUT2D eigenvalue weighted by Crippen LogP contribution is 2.12. The molecule has 0 aliphatic carbocycles. The van der Waals surface area contributed by atoms with E-state index in [0.717, 1.165) is 0 Å². The summed E-state index contributed by atoms with van der Waals surface area (Å²) < 4.78 is 5.26. The maximum Gasteiger partial charge on any atom is 0.245 e. The zero-order chi connectivity index (χ0) is 16.2. The summed E-state index contributed by atoms with van der Waals surface area (Å²) in [6, 6.07) is -0.357. The SMILES string of the molecule is O=C1CC[C@@H](C(=O)N2CCN(CC(=O)N3CCOCC3)CC2)N1. The van der Waals surface area contributed by atoms with Crippen LogP contribution in [0.3, 0.4) is 0 Å². The molecule has 0 aromatic rings. The minimum atomic E-state index is -0.357. The number of nitrogens with one attached hydrogen (secondary N) is 1. The van der Waals surface area contributed by atoms with E-state index in [9.17, 15) is 14.4 Å². The number of piperazine rings is 1. The maximum absolute atomic E-state index is 12.3. The lowest BCUT2D eigenvalue weighted by Crippen LogP contribution is -2.55. The lowest BCUT2D eigenvalue weighted by molar-refractivity contribution is -0.139. The summed E-state index contributed by atoms with van der Waals surface area (Å²) >= 11 is 0. The van der Waals surface area contributed by atoms with Crippen LogP contribution in [0.15, 0.2) is 0 Å². The standard InChI is InChI=1S/C15H24N4O4/c20-13-2-1-12(16-13)15(22)19-5-3-17(4-6-19)11-14(21)18-7-9-23-10-8-18/h12H,1-11H2,(H,16,20)/t12-/m0/s1. The van der Waals surface area contributed by atoms with E-state index in [1.54, 1.807) is 4.90 Å². The lowest BCUT2D eigenvalue weighted by atomic mass is 10.2. The molecular formula is C15H24N4O4. The highest BCUT2D eigenvalue weighted by molar-refractivity contribution is 5.90. The largest absolute Gasteiger partial charge is 0.378 e. The van der Waals surface area contributed by atoms with E-state index in [-0.39, 0.29) is 23.8 Å². The second-order valence-electron chi connectivity index (χ2n) is 6.25. The van der Waals surface area contributed by atoms with Gasteiger partial charge in [0.2, 0.25) is 17.7 Å². The van der Waals surface area contributed by atoms with Crippen LogP contribution in [0, 0.1) is 0 Å². The van der Waals surface area contributed by atoms with Crippen LogP contribution in [-0.2, 0) is 19.1 Å². The first-order chi connectivity index (χ1) is 11.1. The van der Waals surface area contributed by atoms with Gasteiger partial charge in [-0.25, -0.2) is 0 Å². The molecular weight excluding hydrogens is 300 g/mol. The van der Waals surface area contributed by atoms with Crippen molar-refractivity contribution in [2.45, 2.75) is 18.9 Å². The molecule has 0 bridgehead atoms. The van der Waals surface area contributed by atoms with Gasteiger partial charge >= 0.3 is 0 Å². The predicted octanol–water partition coefficient (Wildman–Crippen LogP) is -1.73. The summed E-state index contributed by atoms with van der Waals surface area (Å²) in [4.78, 5) is 41.5. The Morgan fingerprint density at radius 3 is 2.35 bits per heavy atom. The summed E-state index contributed by atoms with van der Waals surface area (Å²) in [5.41, 5.74) is 0. The molecule has 1 atom stereocenters. The molecule has 1 N–H and O–H groups in total. The molecule has 3 heterocycles. The van der Waals surface area contributed by atoms with E-state index in [1.807, 2.05) is 4.90 Å². The quantitative estimate of drug-likeness (QED) is 0.667. The molecule has 8 nitrogen and oxygen atoms in total. The number of carbonyl (C=O) groups excluding carboxylic acids is 3. The van der Waals surface area contributed by atoms with E-state index < -0.39 is 0 Å². The molecule has 0 aromatic heterocycles. The van der Waals surface area contributed by atoms with E-state index >= 15 is 0 Å². The monoisotopic (exact) mass is 324 g/mol. The number of hydrogen-bond donors (Lipinski definition) is 1. The summed E-state index contributed by atoms with van der Waals surface area (Å²) in [6.45, 7) is 5.58. The number of ether oxygens (including phenoxy) is 1. The molecule has 0 unspecified atom stereocenters. The van der Waals surface area contributed by atoms with Gasteiger partial charge in [-0.15, -0.1) is 0 Å². The summed E-state index contributed by atoms with van der Waals surface area (Å²) in [7, 11) is 0. The minimum absolute atomic E-state index is 0.00926. The smallest absolute Gasteiger partial charge is 0.245 e. The molecule has 3 fully saturated rings. The molecule has 128 valence electrons. The van der Waals surface area contributed by atoms with Crippen LogP contribution in [0.4, 0.5) is 0 Å². The van der Waals surface area contributed by atoms with Crippen LogP contribution < -0.4 is 5.32 Å². The molecule has 0 aromatic carbocycles. The third-order valence-corrected chi connectivity index (χ3v) is 4.70. The van der Waals surface area contributed by atoms with Crippen LogP contribution in [0.2, 0.25) is 0 Å². The third kappa shape index (κ3) is 4.00. The van der Waals surface area contributed by atoms with Crippen molar-refractivity contribution in [2.24, 2.45) is 0 Å². The lowest BCUT2D eigenvalue weighted by Gasteiger charge is -2.36. The second kappa shape index (κ2) is 7.27. The fourth-order valence-electron chi connectivity index (χ4n) is 3.25. The molecule has 0 spiro atoms. The van der Waals surface area contributed by atoms with Gasteiger partial charge < -0.3 is 19.9 Å². The van der Waals surface area contributed by atoms with Gasteiger partial charge in [0, 0.05) is 45.7 Å². The first-order valence-electron chi connectivity index (χ1n) is 8.29. The molecule has 8 heteroatoms. The van der Waals surface area contributed by atoms with Crippen LogP contribution in [0.25, 0.3) is 0 Å². The Morgan fingerprint density at radius 2 is 1.74 bits per heavy atom. The van der Waals surface area contributed by atoms with Gasteiger partial charge in [0.25, 0.3) is 0 Å². The Morgan fingerprint density at radius 1 is 1.04 bits per heavy atom. The highest BCUT2D eigenvalue weighted by Gasteiger charge is 2.32. The van der Waals surface area contributed by atoms with Crippen LogP contribution >= 0.6 is 0 Å². The van der Waals surface area contributed by atoms with E-state index in [1.165, 1.54) is 0 Å². The van der Waals surface area contributed by atoms with Crippen molar-refractivity contribution in [2.75, 3.05) is 59.0 Å². The number of amides is 3. The van der Waals surface area contributed by atoms with Gasteiger partial charge in [0.15, 0.2) is 0 Å². The Kier molecular flexibility index (Phi) is 5.12. The number of carbonyl (C=O) groups is 3. The molecule has 3 aliphatic rings. The molecule has 3 aliphatic heterocycles. The van der Waals surface area contributed by atoms with E-state index in [4.69, 9.17) is 4.74 Å². The van der Waals surface area contributed by atoms with Gasteiger partial charge in [-0.3, -0.25) is 19.3 Å². The summed E-state index contributed by atoms with van der Waals surface area (Å²) in [5, 5.41) is 2.72. The number of nitrogens with zero attached hydrogens (tertiary/aromatic N) is 3. The van der Waals surface area contributed by atoms with Gasteiger partial charge in [0.05, 0.1) is 19.8 Å². The van der Waals surface area contributed by atoms with E-state index in [0.29, 0.717) is 71.9 Å². The van der Waals surface area contributed by atoms with Crippen molar-refractivity contribution in [3.63, 3.8) is 0 Å². The van der Waals surface area contributed by atoms with Crippen molar-refractivity contribution in [1.29, 1.82) is 0 Å². The number of hydrogen-bond acceptors (Lipinski definition) is 5. The van der Waals surface area contributed by atoms with Gasteiger partial charge in [-0.05, 0) is 6.42 Å². The molecule has 0 radical (unpaired) electrons. The summed E-state index contributed by atoms with van der Waals surface area (Å²) in [5.74, 6) is 0.101. The number of morpholine rings is 1. The zero-order valence-corrected chi connectivity index (χ0v) is 13.3. The highest BCUT2D eigenvalue weighted by atomic mass is 16.5. The van der Waals surface area contributed by atoms with Crippen molar-refractivity contribution < 1.29 is 19.1 Å². The first kappa shape index (κ1) is 16.2. The van der Waals surface area contributed by atoms with Crippen molar-refractivity contribution in [1.82, 2.24) is 20.0 Å². The fourth-order valence-corrected chi connectivity index (χ4v) is 3.25. The van der Waals surface area contributed by atoms with Crippen molar-refractivity contribution >= 4 is 17.7 Å². The van der Waals surface area contributed by atoms with Crippen LogP contribution in [0.1, 0.15) is 12.8 Å². The van der Waals surface area contributed by atoms with Gasteiger partial charge in [-0.2, -0.15) is 0 Å². The normalized spacial score (nSPS) is 26.3. The Labute approximate surface area is 135 Å². The maximum atomic E-state index is 12.3. The fraction of sp³-hybridized carbons (Fsp3) is 0.800. The Balaban J connectivity index is 1.42. The zero-order valence-electron chi connectivity index (χ0n) is 13.3. The van der Waals surface area contributed by atoms with Crippen molar-refractivity contribution in [3.05, 3.63) is 0 Å². The number of rotatable bonds is 3. The molecule has 3 amide bonds. The van der Waals surface area contributed by atoms with E-state index in [2.05, 4.69) is 10.2 Å². The van der Waals surface area contributed by atoms with Crippen LogP contribution in [-0.4, -0.2) is 97.5 Å². The minimum Gasteiger partial charge on any atom is -0.378 e. The predicted molar refractivity (Wildman–Crippen MR) is 81.6 cm³/mol. The Bertz CT molecular complexity index is 470. The Hall–Kier alpha value is -1.67. The molecule has 3 rings (SSSR count). The molecule has 3 saturated heterocycles. The molecule has 23 heavy (non-hydrogen) atoms. The van der Waals surface area contributed by atoms with Crippen LogP contribution in [0.5, 0.6) is 0 Å². The second-order valence-corrected chi connectivity index (χ2v) is 6.25. The third-order valence-electron chi connectivity index (χ3n) is 4.70. The van der Waals surface area contributed by atoms with Crippen molar-refractivity contribution in [3.8, 4) is 0 Å². The molecule has 0 saturated carbocycles. The van der Waals surface area contributed by atoms with Gasteiger partial charge in [-0.1, -0.05) is 0 Å². The van der Waals surface area contributed by atoms with Gasteiger partial charge in [0.1, 0.15) is 6.04 Å². The summed E-state index contributed by atoms with van der Waals surface area (Å²) in [6.07, 6.45) is 1.03. The average molecular weight is 324 g/mol.